The van der Waals surface area contributed by atoms with Crippen LogP contribution in [0.25, 0.3) is 15.7 Å². The summed E-state index contributed by atoms with van der Waals surface area (Å²) in [5.41, 5.74) is 1.39. The van der Waals surface area contributed by atoms with Gasteiger partial charge in [0, 0.05) is 12.6 Å². The quantitative estimate of drug-likeness (QED) is 0.723. The predicted octanol–water partition coefficient (Wildman–Crippen LogP) is 2.81. The first kappa shape index (κ1) is 16.3. The Balaban J connectivity index is 1.70. The number of likely N-dealkylation sites (tertiary alicyclic amines) is 1. The van der Waals surface area contributed by atoms with Gasteiger partial charge in [-0.15, -0.1) is 11.3 Å². The number of rotatable bonds is 3. The number of carbonyl (C=O) groups is 1. The van der Waals surface area contributed by atoms with E-state index in [0.717, 1.165) is 41.8 Å². The summed E-state index contributed by atoms with van der Waals surface area (Å²) in [5.74, 6) is 0.722. The van der Waals surface area contributed by atoms with E-state index in [-0.39, 0.29) is 18.0 Å². The zero-order valence-corrected chi connectivity index (χ0v) is 15.4. The van der Waals surface area contributed by atoms with E-state index in [1.54, 1.807) is 11.3 Å². The highest BCUT2D eigenvalue weighted by atomic mass is 32.1. The molecule has 0 bridgehead atoms. The molecule has 1 unspecified atom stereocenters. The van der Waals surface area contributed by atoms with Crippen LogP contribution >= 0.6 is 11.3 Å². The van der Waals surface area contributed by atoms with E-state index in [1.807, 2.05) is 33.7 Å². The van der Waals surface area contributed by atoms with E-state index in [0.29, 0.717) is 11.6 Å². The van der Waals surface area contributed by atoms with Gasteiger partial charge in [-0.1, -0.05) is 6.92 Å². The molecule has 0 aromatic carbocycles. The van der Waals surface area contributed by atoms with Crippen molar-refractivity contribution in [1.82, 2.24) is 19.1 Å². The van der Waals surface area contributed by atoms with Gasteiger partial charge >= 0.3 is 0 Å². The Kier molecular flexibility index (Phi) is 4.11. The molecule has 25 heavy (non-hydrogen) atoms. The number of carbonyl (C=O) groups excluding carboxylic acids is 1. The highest BCUT2D eigenvalue weighted by Gasteiger charge is 2.26. The topological polar surface area (TPSA) is 59.6 Å². The van der Waals surface area contributed by atoms with Gasteiger partial charge in [0.2, 0.25) is 5.91 Å². The van der Waals surface area contributed by atoms with E-state index in [2.05, 4.69) is 12.0 Å². The summed E-state index contributed by atoms with van der Waals surface area (Å²) >= 11 is 1.60. The third kappa shape index (κ3) is 2.66. The van der Waals surface area contributed by atoms with E-state index >= 15 is 0 Å². The monoisotopic (exact) mass is 358 g/mol. The summed E-state index contributed by atoms with van der Waals surface area (Å²) in [6.45, 7) is 4.80. The van der Waals surface area contributed by atoms with Gasteiger partial charge in [0.25, 0.3) is 5.56 Å². The average Bonchev–Trinajstić information content (AvgIpc) is 3.20. The lowest BCUT2D eigenvalue weighted by atomic mass is 10.00. The highest BCUT2D eigenvalue weighted by molar-refractivity contribution is 7.17. The van der Waals surface area contributed by atoms with Crippen LogP contribution in [0.4, 0.5) is 0 Å². The van der Waals surface area contributed by atoms with Crippen LogP contribution < -0.4 is 5.56 Å². The molecule has 1 aliphatic heterocycles. The second-order valence-electron chi connectivity index (χ2n) is 6.69. The number of hydrogen-bond acceptors (Lipinski definition) is 4. The van der Waals surface area contributed by atoms with Crippen LogP contribution in [0.3, 0.4) is 0 Å². The minimum absolute atomic E-state index is 0.00160. The maximum atomic E-state index is 12.8. The first-order chi connectivity index (χ1) is 12.1. The van der Waals surface area contributed by atoms with Gasteiger partial charge in [-0.05, 0) is 50.1 Å². The van der Waals surface area contributed by atoms with Gasteiger partial charge in [-0.2, -0.15) is 5.10 Å². The molecule has 0 radical (unpaired) electrons. The zero-order chi connectivity index (χ0) is 17.6. The van der Waals surface area contributed by atoms with Crippen LogP contribution in [0.1, 0.15) is 38.4 Å². The molecule has 7 heteroatoms. The number of thiophene rings is 1. The van der Waals surface area contributed by atoms with Crippen molar-refractivity contribution in [2.45, 2.75) is 52.1 Å². The fourth-order valence-corrected chi connectivity index (χ4v) is 4.71. The van der Waals surface area contributed by atoms with Gasteiger partial charge in [0.1, 0.15) is 17.9 Å². The second kappa shape index (κ2) is 6.29. The number of piperidine rings is 1. The van der Waals surface area contributed by atoms with E-state index in [1.165, 1.54) is 11.1 Å². The normalized spacial score (nSPS) is 18.3. The molecular formula is C18H22N4O2S. The molecule has 1 fully saturated rings. The summed E-state index contributed by atoms with van der Waals surface area (Å²) in [7, 11) is 0. The van der Waals surface area contributed by atoms with Gasteiger partial charge < -0.3 is 4.90 Å². The molecule has 1 amide bonds. The Bertz CT molecular complexity index is 1000. The summed E-state index contributed by atoms with van der Waals surface area (Å²) in [5, 5.41) is 6.42. The number of nitrogens with zero attached hydrogens (tertiary/aromatic N) is 4. The van der Waals surface area contributed by atoms with E-state index in [9.17, 15) is 9.59 Å². The standard InChI is InChI=1S/C18H22N4O2S/c1-3-13-6-4-5-8-20(13)17(23)11-21-18(24)15-10-16-14(7-9-25-16)22(15)12(2)19-21/h7,9-10,13H,3-6,8,11H2,1-2H3. The molecule has 3 aromatic heterocycles. The second-order valence-corrected chi connectivity index (χ2v) is 7.64. The van der Waals surface area contributed by atoms with Crippen LogP contribution in [0.15, 0.2) is 22.3 Å². The third-order valence-corrected chi connectivity index (χ3v) is 6.02. The van der Waals surface area contributed by atoms with Crippen LogP contribution in [-0.2, 0) is 11.3 Å². The number of fused-ring (bicyclic) bond motifs is 3. The Labute approximate surface area is 149 Å². The van der Waals surface area contributed by atoms with Crippen molar-refractivity contribution in [2.24, 2.45) is 0 Å². The predicted molar refractivity (Wildman–Crippen MR) is 99.2 cm³/mol. The molecule has 0 spiro atoms. The van der Waals surface area contributed by atoms with Crippen LogP contribution in [0.5, 0.6) is 0 Å². The van der Waals surface area contributed by atoms with Crippen LogP contribution in [0, 0.1) is 6.92 Å². The summed E-state index contributed by atoms with van der Waals surface area (Å²) in [6.07, 6.45) is 4.22. The maximum Gasteiger partial charge on any atom is 0.291 e. The Morgan fingerprint density at radius 3 is 3.00 bits per heavy atom. The van der Waals surface area contributed by atoms with Crippen molar-refractivity contribution >= 4 is 33.0 Å². The maximum absolute atomic E-state index is 12.8. The smallest absolute Gasteiger partial charge is 0.291 e. The fourth-order valence-electron chi connectivity index (χ4n) is 3.91. The summed E-state index contributed by atoms with van der Waals surface area (Å²) in [4.78, 5) is 27.5. The van der Waals surface area contributed by atoms with Crippen LogP contribution in [-0.4, -0.2) is 37.6 Å². The molecule has 0 saturated carbocycles. The van der Waals surface area contributed by atoms with Crippen molar-refractivity contribution in [3.63, 3.8) is 0 Å². The van der Waals surface area contributed by atoms with Gasteiger partial charge in [0.15, 0.2) is 0 Å². The molecule has 132 valence electrons. The molecule has 6 nitrogen and oxygen atoms in total. The van der Waals surface area contributed by atoms with Crippen LogP contribution in [0.2, 0.25) is 0 Å². The minimum Gasteiger partial charge on any atom is -0.338 e. The van der Waals surface area contributed by atoms with Gasteiger partial charge in [0.05, 0.1) is 10.2 Å². The van der Waals surface area contributed by atoms with Crippen molar-refractivity contribution in [3.8, 4) is 0 Å². The highest BCUT2D eigenvalue weighted by Crippen LogP contribution is 2.24. The first-order valence-electron chi connectivity index (χ1n) is 8.86. The van der Waals surface area contributed by atoms with Crippen molar-refractivity contribution in [3.05, 3.63) is 33.7 Å². The molecule has 0 N–H and O–H groups in total. The fraction of sp³-hybridized carbons (Fsp3) is 0.500. The Hall–Kier alpha value is -2.15. The molecule has 0 aliphatic carbocycles. The summed E-state index contributed by atoms with van der Waals surface area (Å²) < 4.78 is 4.27. The molecule has 4 heterocycles. The lowest BCUT2D eigenvalue weighted by Gasteiger charge is -2.35. The van der Waals surface area contributed by atoms with Gasteiger partial charge in [-0.3, -0.25) is 14.0 Å². The largest absolute Gasteiger partial charge is 0.338 e. The number of hydrogen-bond donors (Lipinski definition) is 0. The molecule has 1 saturated heterocycles. The molecular weight excluding hydrogens is 336 g/mol. The lowest BCUT2D eigenvalue weighted by molar-refractivity contribution is -0.135. The molecule has 1 aliphatic rings. The number of aromatic nitrogens is 3. The molecule has 3 aromatic rings. The minimum atomic E-state index is -0.201. The third-order valence-electron chi connectivity index (χ3n) is 5.17. The molecule has 4 rings (SSSR count). The Morgan fingerprint density at radius 2 is 2.20 bits per heavy atom. The number of aryl methyl sites for hydroxylation is 1. The first-order valence-corrected chi connectivity index (χ1v) is 9.74. The zero-order valence-electron chi connectivity index (χ0n) is 14.6. The average molecular weight is 358 g/mol. The SMILES string of the molecule is CCC1CCCCN1C(=O)Cn1nc(C)n2c(cc3sccc32)c1=O. The Morgan fingerprint density at radius 1 is 1.36 bits per heavy atom. The summed E-state index contributed by atoms with van der Waals surface area (Å²) in [6, 6.07) is 4.18. The molecule has 1 atom stereocenters. The number of amides is 1. The van der Waals surface area contributed by atoms with Crippen molar-refractivity contribution in [2.75, 3.05) is 6.54 Å². The van der Waals surface area contributed by atoms with Crippen molar-refractivity contribution < 1.29 is 4.79 Å². The van der Waals surface area contributed by atoms with E-state index in [4.69, 9.17) is 0 Å². The van der Waals surface area contributed by atoms with Gasteiger partial charge in [-0.25, -0.2) is 4.68 Å². The van der Waals surface area contributed by atoms with E-state index < -0.39 is 0 Å². The lowest BCUT2D eigenvalue weighted by Crippen LogP contribution is -2.46. The van der Waals surface area contributed by atoms with Crippen molar-refractivity contribution in [1.29, 1.82) is 0 Å².